The molecule has 0 radical (unpaired) electrons. The summed E-state index contributed by atoms with van der Waals surface area (Å²) in [6.07, 6.45) is 4.06. The molecule has 1 unspecified atom stereocenters. The maximum absolute atomic E-state index is 12.5. The fraction of sp³-hybridized carbons (Fsp3) is 0.348. The van der Waals surface area contributed by atoms with Crippen LogP contribution in [0.25, 0.3) is 0 Å². The van der Waals surface area contributed by atoms with Crippen molar-refractivity contribution in [3.05, 3.63) is 71.9 Å². The standard InChI is InChI=1S/C23H26N2O5S/c1-4-17-5-8-19(24-14-17)11-12-29-20-9-6-18(7-10-20)13-21-22(26)25(23(27)31-21)15-30-16(2)28-3/h5-10,14,21H,2,4,11-13,15H2,1,3H3. The molecule has 3 rings (SSSR count). The van der Waals surface area contributed by atoms with Gasteiger partial charge in [0.05, 0.1) is 19.0 Å². The number of hydrogen-bond acceptors (Lipinski definition) is 7. The summed E-state index contributed by atoms with van der Waals surface area (Å²) in [5.74, 6) is 0.530. The third-order valence-corrected chi connectivity index (χ3v) is 5.93. The average molecular weight is 443 g/mol. The Hall–Kier alpha value is -3.00. The van der Waals surface area contributed by atoms with Gasteiger partial charge in [0.25, 0.3) is 11.2 Å². The van der Waals surface area contributed by atoms with Crippen LogP contribution in [0.2, 0.25) is 0 Å². The first kappa shape index (κ1) is 22.7. The monoisotopic (exact) mass is 442 g/mol. The Morgan fingerprint density at radius 3 is 2.55 bits per heavy atom. The minimum atomic E-state index is -0.476. The number of aryl methyl sites for hydroxylation is 1. The minimum Gasteiger partial charge on any atom is -0.493 e. The Balaban J connectivity index is 1.47. The number of amides is 2. The topological polar surface area (TPSA) is 78.0 Å². The highest BCUT2D eigenvalue weighted by atomic mass is 32.2. The number of methoxy groups -OCH3 is 1. The number of thioether (sulfide) groups is 1. The summed E-state index contributed by atoms with van der Waals surface area (Å²) in [4.78, 5) is 30.1. The van der Waals surface area contributed by atoms with Crippen molar-refractivity contribution in [1.29, 1.82) is 0 Å². The highest BCUT2D eigenvalue weighted by Gasteiger charge is 2.39. The lowest BCUT2D eigenvalue weighted by atomic mass is 10.1. The Morgan fingerprint density at radius 2 is 1.90 bits per heavy atom. The van der Waals surface area contributed by atoms with Crippen LogP contribution in [0.3, 0.4) is 0 Å². The van der Waals surface area contributed by atoms with Crippen LogP contribution in [0.4, 0.5) is 4.79 Å². The molecule has 1 fully saturated rings. The minimum absolute atomic E-state index is 0.0541. The van der Waals surface area contributed by atoms with Crippen molar-refractivity contribution in [3.8, 4) is 5.75 Å². The second-order valence-corrected chi connectivity index (χ2v) is 8.10. The van der Waals surface area contributed by atoms with Crippen LogP contribution in [0.15, 0.2) is 55.1 Å². The van der Waals surface area contributed by atoms with E-state index in [-0.39, 0.29) is 23.8 Å². The highest BCUT2D eigenvalue weighted by Crippen LogP contribution is 2.30. The van der Waals surface area contributed by atoms with E-state index < -0.39 is 5.25 Å². The van der Waals surface area contributed by atoms with E-state index >= 15 is 0 Å². The maximum atomic E-state index is 12.5. The molecular formula is C23H26N2O5S. The zero-order chi connectivity index (χ0) is 22.2. The van der Waals surface area contributed by atoms with Gasteiger partial charge < -0.3 is 14.2 Å². The van der Waals surface area contributed by atoms with E-state index in [1.165, 1.54) is 12.7 Å². The van der Waals surface area contributed by atoms with Gasteiger partial charge in [0.15, 0.2) is 6.73 Å². The van der Waals surface area contributed by atoms with Crippen LogP contribution < -0.4 is 4.74 Å². The molecule has 2 heterocycles. The number of ether oxygens (including phenoxy) is 3. The van der Waals surface area contributed by atoms with Gasteiger partial charge in [-0.05, 0) is 48.7 Å². The van der Waals surface area contributed by atoms with E-state index in [0.717, 1.165) is 46.5 Å². The van der Waals surface area contributed by atoms with Gasteiger partial charge >= 0.3 is 0 Å². The van der Waals surface area contributed by atoms with Crippen molar-refractivity contribution in [2.45, 2.75) is 31.4 Å². The lowest BCUT2D eigenvalue weighted by molar-refractivity contribution is -0.130. The lowest BCUT2D eigenvalue weighted by Gasteiger charge is -2.15. The van der Waals surface area contributed by atoms with E-state index in [9.17, 15) is 9.59 Å². The van der Waals surface area contributed by atoms with Crippen molar-refractivity contribution < 1.29 is 23.8 Å². The molecule has 7 nitrogen and oxygen atoms in total. The first-order valence-electron chi connectivity index (χ1n) is 10.0. The zero-order valence-corrected chi connectivity index (χ0v) is 18.5. The fourth-order valence-corrected chi connectivity index (χ4v) is 3.98. The number of aromatic nitrogens is 1. The molecule has 0 saturated carbocycles. The van der Waals surface area contributed by atoms with Gasteiger partial charge in [0.1, 0.15) is 5.75 Å². The average Bonchev–Trinajstić information content (AvgIpc) is 3.06. The van der Waals surface area contributed by atoms with Gasteiger partial charge in [-0.3, -0.25) is 14.6 Å². The molecular weight excluding hydrogens is 416 g/mol. The number of hydrogen-bond donors (Lipinski definition) is 0. The fourth-order valence-electron chi connectivity index (χ4n) is 2.96. The van der Waals surface area contributed by atoms with E-state index in [1.54, 1.807) is 0 Å². The van der Waals surface area contributed by atoms with Crippen LogP contribution in [0.5, 0.6) is 5.75 Å². The van der Waals surface area contributed by atoms with E-state index in [2.05, 4.69) is 24.6 Å². The van der Waals surface area contributed by atoms with Gasteiger partial charge in [0.2, 0.25) is 5.91 Å². The predicted molar refractivity (Wildman–Crippen MR) is 119 cm³/mol. The van der Waals surface area contributed by atoms with Crippen LogP contribution in [0.1, 0.15) is 23.7 Å². The van der Waals surface area contributed by atoms with Crippen molar-refractivity contribution in [2.75, 3.05) is 20.4 Å². The number of carbonyl (C=O) groups excluding carboxylic acids is 2. The normalized spacial score (nSPS) is 15.8. The van der Waals surface area contributed by atoms with Crippen molar-refractivity contribution in [1.82, 2.24) is 9.88 Å². The lowest BCUT2D eigenvalue weighted by Crippen LogP contribution is -2.34. The predicted octanol–water partition coefficient (Wildman–Crippen LogP) is 3.96. The first-order valence-corrected chi connectivity index (χ1v) is 10.9. The summed E-state index contributed by atoms with van der Waals surface area (Å²) < 4.78 is 15.7. The summed E-state index contributed by atoms with van der Waals surface area (Å²) >= 11 is 1.00. The van der Waals surface area contributed by atoms with E-state index in [0.29, 0.717) is 13.0 Å². The van der Waals surface area contributed by atoms with Crippen molar-refractivity contribution in [3.63, 3.8) is 0 Å². The van der Waals surface area contributed by atoms with Crippen molar-refractivity contribution >= 4 is 22.9 Å². The summed E-state index contributed by atoms with van der Waals surface area (Å²) in [6.45, 7) is 5.95. The summed E-state index contributed by atoms with van der Waals surface area (Å²) in [5.41, 5.74) is 3.17. The van der Waals surface area contributed by atoms with Gasteiger partial charge in [-0.15, -0.1) is 0 Å². The molecule has 2 amide bonds. The molecule has 0 bridgehead atoms. The van der Waals surface area contributed by atoms with Gasteiger partial charge in [0, 0.05) is 18.3 Å². The molecule has 1 aromatic heterocycles. The van der Waals surface area contributed by atoms with Gasteiger partial charge in [-0.25, -0.2) is 4.90 Å². The van der Waals surface area contributed by atoms with E-state index in [1.807, 2.05) is 36.5 Å². The second kappa shape index (κ2) is 10.9. The van der Waals surface area contributed by atoms with Crippen LogP contribution in [-0.2, 0) is 33.5 Å². The molecule has 0 N–H and O–H groups in total. The van der Waals surface area contributed by atoms with Crippen molar-refractivity contribution in [2.24, 2.45) is 0 Å². The van der Waals surface area contributed by atoms with Gasteiger partial charge in [-0.2, -0.15) is 0 Å². The molecule has 0 spiro atoms. The Bertz CT molecular complexity index is 915. The molecule has 8 heteroatoms. The molecule has 0 aliphatic carbocycles. The largest absolute Gasteiger partial charge is 0.493 e. The third kappa shape index (κ3) is 6.24. The molecule has 164 valence electrons. The number of pyridine rings is 1. The van der Waals surface area contributed by atoms with Crippen LogP contribution >= 0.6 is 11.8 Å². The number of rotatable bonds is 11. The van der Waals surface area contributed by atoms with Crippen LogP contribution in [0, 0.1) is 0 Å². The molecule has 2 aromatic rings. The molecule has 1 aromatic carbocycles. The number of imide groups is 1. The molecule has 1 aliphatic heterocycles. The first-order chi connectivity index (χ1) is 15.0. The molecule has 31 heavy (non-hydrogen) atoms. The maximum Gasteiger partial charge on any atom is 0.291 e. The Kier molecular flexibility index (Phi) is 7.94. The van der Waals surface area contributed by atoms with Gasteiger partial charge in [-0.1, -0.05) is 36.9 Å². The third-order valence-electron chi connectivity index (χ3n) is 4.85. The SMILES string of the molecule is C=C(OC)OCN1C(=O)SC(Cc2ccc(OCCc3ccc(CC)cn3)cc2)C1=O. The Labute approximate surface area is 186 Å². The van der Waals surface area contributed by atoms with Crippen LogP contribution in [-0.4, -0.2) is 46.7 Å². The van der Waals surface area contributed by atoms with E-state index in [4.69, 9.17) is 14.2 Å². The molecule has 1 atom stereocenters. The highest BCUT2D eigenvalue weighted by molar-refractivity contribution is 8.15. The quantitative estimate of drug-likeness (QED) is 0.487. The molecule has 1 aliphatic rings. The Morgan fingerprint density at radius 1 is 1.16 bits per heavy atom. The zero-order valence-electron chi connectivity index (χ0n) is 17.7. The summed E-state index contributed by atoms with van der Waals surface area (Å²) in [7, 11) is 1.40. The second-order valence-electron chi connectivity index (χ2n) is 6.95. The summed E-state index contributed by atoms with van der Waals surface area (Å²) in [5, 5.41) is -0.810. The summed E-state index contributed by atoms with van der Waals surface area (Å²) in [6, 6.07) is 11.7. The smallest absolute Gasteiger partial charge is 0.291 e. The number of nitrogens with zero attached hydrogens (tertiary/aromatic N) is 2. The number of benzene rings is 1. The molecule has 1 saturated heterocycles. The number of carbonyl (C=O) groups is 2.